The summed E-state index contributed by atoms with van der Waals surface area (Å²) in [6.07, 6.45) is 0. The lowest BCUT2D eigenvalue weighted by Gasteiger charge is -1.90. The van der Waals surface area contributed by atoms with Gasteiger partial charge in [0.15, 0.2) is 11.7 Å². The van der Waals surface area contributed by atoms with Crippen LogP contribution in [0.15, 0.2) is 35.0 Å². The lowest BCUT2D eigenvalue weighted by Crippen LogP contribution is -2.36. The molecule has 15 heavy (non-hydrogen) atoms. The smallest absolute Gasteiger partial charge is 0.439 e. The van der Waals surface area contributed by atoms with Crippen LogP contribution in [0.3, 0.4) is 0 Å². The molecule has 0 aliphatic carbocycles. The number of carboxylic acids is 1. The van der Waals surface area contributed by atoms with Crippen molar-refractivity contribution >= 4 is 5.97 Å². The van der Waals surface area contributed by atoms with Gasteiger partial charge in [-0.2, -0.15) is 0 Å². The van der Waals surface area contributed by atoms with Gasteiger partial charge in [0, 0.05) is 9.95 Å². The van der Waals surface area contributed by atoms with Crippen molar-refractivity contribution in [2.24, 2.45) is 0 Å². The molecule has 0 spiro atoms. The maximum atomic E-state index is 10.5. The maximum absolute atomic E-state index is 10.5. The fourth-order valence-electron chi connectivity index (χ4n) is 1.11. The Morgan fingerprint density at radius 2 is 2.13 bits per heavy atom. The molecule has 2 rings (SSSR count). The number of aromatic carboxylic acids is 1. The van der Waals surface area contributed by atoms with Crippen molar-refractivity contribution in [1.82, 2.24) is 10.3 Å². The van der Waals surface area contributed by atoms with Crippen molar-refractivity contribution in [3.05, 3.63) is 41.7 Å². The second kappa shape index (κ2) is 3.87. The first-order valence-electron chi connectivity index (χ1n) is 4.27. The molecule has 0 atom stereocenters. The van der Waals surface area contributed by atoms with Gasteiger partial charge in [0.25, 0.3) is 0 Å². The van der Waals surface area contributed by atoms with Gasteiger partial charge in [-0.25, -0.2) is 4.79 Å². The van der Waals surface area contributed by atoms with Crippen LogP contribution in [0.2, 0.25) is 0 Å². The average molecular weight is 206 g/mol. The highest BCUT2D eigenvalue weighted by Crippen LogP contribution is 1.96. The van der Waals surface area contributed by atoms with Crippen LogP contribution in [0.5, 0.6) is 0 Å². The molecular weight excluding hydrogens is 198 g/mol. The van der Waals surface area contributed by atoms with Crippen LogP contribution in [0.25, 0.3) is 0 Å². The van der Waals surface area contributed by atoms with E-state index in [9.17, 15) is 4.79 Å². The normalized spacial score (nSPS) is 10.1. The molecule has 0 saturated heterocycles. The van der Waals surface area contributed by atoms with E-state index in [0.717, 1.165) is 10.4 Å². The third-order valence-corrected chi connectivity index (χ3v) is 1.78. The standard InChI is InChI=1S/C9H7N3O3/c13-9(14)8-10-12(15-11-8)6-7-4-2-1-3-5-7/h1-5H,6H2/p+1. The van der Waals surface area contributed by atoms with E-state index in [4.69, 9.17) is 9.74 Å². The van der Waals surface area contributed by atoms with Gasteiger partial charge in [-0.1, -0.05) is 35.0 Å². The van der Waals surface area contributed by atoms with E-state index in [1.807, 2.05) is 30.3 Å². The number of benzene rings is 1. The summed E-state index contributed by atoms with van der Waals surface area (Å²) in [4.78, 5) is 11.6. The van der Waals surface area contributed by atoms with Crippen molar-refractivity contribution in [3.63, 3.8) is 0 Å². The third-order valence-electron chi connectivity index (χ3n) is 1.78. The van der Waals surface area contributed by atoms with Crippen molar-refractivity contribution in [1.29, 1.82) is 0 Å². The number of aromatic nitrogens is 3. The van der Waals surface area contributed by atoms with Crippen molar-refractivity contribution in [2.45, 2.75) is 6.54 Å². The van der Waals surface area contributed by atoms with Crippen LogP contribution in [0.4, 0.5) is 0 Å². The molecule has 76 valence electrons. The minimum absolute atomic E-state index is 0.342. The molecule has 0 radical (unpaired) electrons. The maximum Gasteiger partial charge on any atom is 0.439 e. The number of nitrogens with zero attached hydrogens (tertiary/aromatic N) is 3. The Morgan fingerprint density at radius 3 is 2.73 bits per heavy atom. The zero-order chi connectivity index (χ0) is 10.7. The Kier molecular flexibility index (Phi) is 2.40. The molecule has 0 bridgehead atoms. The Morgan fingerprint density at radius 1 is 1.40 bits per heavy atom. The first-order chi connectivity index (χ1) is 7.25. The Bertz CT molecular complexity index is 466. The highest BCUT2D eigenvalue weighted by Gasteiger charge is 2.21. The van der Waals surface area contributed by atoms with Crippen molar-refractivity contribution < 1.29 is 19.4 Å². The molecular formula is C9H8N3O3+. The van der Waals surface area contributed by atoms with E-state index in [2.05, 4.69) is 10.3 Å². The van der Waals surface area contributed by atoms with Gasteiger partial charge in [0.05, 0.1) is 0 Å². The number of rotatable bonds is 3. The van der Waals surface area contributed by atoms with Crippen LogP contribution in [0, 0.1) is 0 Å². The van der Waals surface area contributed by atoms with Crippen LogP contribution < -0.4 is 4.85 Å². The van der Waals surface area contributed by atoms with E-state index in [0.29, 0.717) is 6.54 Å². The van der Waals surface area contributed by atoms with E-state index >= 15 is 0 Å². The summed E-state index contributed by atoms with van der Waals surface area (Å²) in [5.41, 5.74) is 0.961. The summed E-state index contributed by atoms with van der Waals surface area (Å²) < 4.78 is 4.70. The van der Waals surface area contributed by atoms with E-state index in [1.165, 1.54) is 0 Å². The summed E-state index contributed by atoms with van der Waals surface area (Å²) in [7, 11) is 0. The minimum atomic E-state index is -1.20. The van der Waals surface area contributed by atoms with E-state index in [-0.39, 0.29) is 5.82 Å². The van der Waals surface area contributed by atoms with Gasteiger partial charge in [-0.15, -0.1) is 0 Å². The quantitative estimate of drug-likeness (QED) is 0.720. The van der Waals surface area contributed by atoms with E-state index in [1.54, 1.807) is 0 Å². The molecule has 0 aliphatic heterocycles. The van der Waals surface area contributed by atoms with Gasteiger partial charge < -0.3 is 5.11 Å². The number of hydrogen-bond donors (Lipinski definition) is 1. The molecule has 2 aromatic rings. The second-order valence-corrected chi connectivity index (χ2v) is 2.90. The summed E-state index contributed by atoms with van der Waals surface area (Å²) in [5, 5.41) is 15.5. The monoisotopic (exact) mass is 206 g/mol. The molecule has 0 aliphatic rings. The molecule has 6 nitrogen and oxygen atoms in total. The molecule has 6 heteroatoms. The fourth-order valence-corrected chi connectivity index (χ4v) is 1.11. The van der Waals surface area contributed by atoms with Crippen LogP contribution in [-0.2, 0) is 6.54 Å². The van der Waals surface area contributed by atoms with Crippen molar-refractivity contribution in [2.75, 3.05) is 0 Å². The first-order valence-corrected chi connectivity index (χ1v) is 4.27. The lowest BCUT2D eigenvalue weighted by molar-refractivity contribution is -0.910. The SMILES string of the molecule is O=C(O)c1no[n+](Cc2ccccc2)n1. The topological polar surface area (TPSA) is 80.1 Å². The third kappa shape index (κ3) is 2.16. The van der Waals surface area contributed by atoms with Gasteiger partial charge in [0.1, 0.15) is 0 Å². The molecule has 0 amide bonds. The minimum Gasteiger partial charge on any atom is -0.473 e. The Labute approximate surface area is 84.7 Å². The van der Waals surface area contributed by atoms with Crippen molar-refractivity contribution in [3.8, 4) is 0 Å². The number of hydrogen-bond acceptors (Lipinski definition) is 4. The molecule has 0 saturated carbocycles. The highest BCUT2D eigenvalue weighted by molar-refractivity contribution is 5.82. The van der Waals surface area contributed by atoms with Gasteiger partial charge in [-0.05, 0) is 5.56 Å². The molecule has 1 heterocycles. The molecule has 0 fully saturated rings. The van der Waals surface area contributed by atoms with Gasteiger partial charge >= 0.3 is 11.8 Å². The van der Waals surface area contributed by atoms with Gasteiger partial charge in [-0.3, -0.25) is 0 Å². The zero-order valence-electron chi connectivity index (χ0n) is 7.70. The fraction of sp³-hybridized carbons (Fsp3) is 0.111. The Hall–Kier alpha value is -2.24. The molecule has 1 N–H and O–H groups in total. The lowest BCUT2D eigenvalue weighted by atomic mass is 10.2. The van der Waals surface area contributed by atoms with Gasteiger partial charge in [0.2, 0.25) is 0 Å². The van der Waals surface area contributed by atoms with E-state index < -0.39 is 5.97 Å². The number of carbonyl (C=O) groups is 1. The molecule has 0 unspecified atom stereocenters. The average Bonchev–Trinajstić information content (AvgIpc) is 2.68. The predicted octanol–water partition coefficient (Wildman–Crippen LogP) is 0.104. The largest absolute Gasteiger partial charge is 0.473 e. The summed E-state index contributed by atoms with van der Waals surface area (Å²) >= 11 is 0. The van der Waals surface area contributed by atoms with Crippen LogP contribution in [-0.4, -0.2) is 21.3 Å². The number of carboxylic acid groups (broad SMARTS) is 1. The zero-order valence-corrected chi connectivity index (χ0v) is 7.70. The predicted molar refractivity (Wildman–Crippen MR) is 47.0 cm³/mol. The molecule has 1 aromatic heterocycles. The summed E-state index contributed by atoms with van der Waals surface area (Å²) in [6.45, 7) is 0.362. The Balaban J connectivity index is 2.15. The summed E-state index contributed by atoms with van der Waals surface area (Å²) in [6, 6.07) is 9.43. The molecule has 1 aromatic carbocycles. The summed E-state index contributed by atoms with van der Waals surface area (Å²) in [5.74, 6) is -1.54. The van der Waals surface area contributed by atoms with Crippen LogP contribution >= 0.6 is 0 Å². The highest BCUT2D eigenvalue weighted by atomic mass is 16.6. The second-order valence-electron chi connectivity index (χ2n) is 2.90. The first kappa shape index (κ1) is 9.32. The van der Waals surface area contributed by atoms with Crippen LogP contribution in [0.1, 0.15) is 16.2 Å².